The molecule has 2 fully saturated rings. The molecule has 1 saturated heterocycles. The van der Waals surface area contributed by atoms with Crippen molar-refractivity contribution < 1.29 is 19.4 Å². The summed E-state index contributed by atoms with van der Waals surface area (Å²) in [4.78, 5) is 25.0. The van der Waals surface area contributed by atoms with Gasteiger partial charge in [-0.3, -0.25) is 9.59 Å². The van der Waals surface area contributed by atoms with Gasteiger partial charge in [-0.25, -0.2) is 0 Å². The fraction of sp³-hybridized carbons (Fsp3) is 0.895. The summed E-state index contributed by atoms with van der Waals surface area (Å²) in [5.74, 6) is 1.34. The molecule has 1 saturated carbocycles. The molecule has 0 aromatic carbocycles. The summed E-state index contributed by atoms with van der Waals surface area (Å²) < 4.78 is 6.05. The fourth-order valence-electron chi connectivity index (χ4n) is 4.21. The standard InChI is InChI=1S/C19H33NO4/c1-13(2)16-5-4-14(3)10-17(16)24-12-18(21)20-8-6-15(7-9-20)11-19(22)23/h13-17H,4-12H2,1-3H3,(H,22,23). The maximum absolute atomic E-state index is 12.4. The van der Waals surface area contributed by atoms with Crippen LogP contribution in [0.4, 0.5) is 0 Å². The maximum Gasteiger partial charge on any atom is 0.303 e. The topological polar surface area (TPSA) is 66.8 Å². The highest BCUT2D eigenvalue weighted by Crippen LogP contribution is 2.35. The minimum absolute atomic E-state index is 0.0597. The number of nitrogens with zero attached hydrogens (tertiary/aromatic N) is 1. The van der Waals surface area contributed by atoms with Crippen molar-refractivity contribution in [3.63, 3.8) is 0 Å². The quantitative estimate of drug-likeness (QED) is 0.807. The third-order valence-corrected chi connectivity index (χ3v) is 5.81. The summed E-state index contributed by atoms with van der Waals surface area (Å²) in [5.41, 5.74) is 0. The summed E-state index contributed by atoms with van der Waals surface area (Å²) in [6.07, 6.45) is 5.49. The summed E-state index contributed by atoms with van der Waals surface area (Å²) in [5, 5.41) is 8.86. The van der Waals surface area contributed by atoms with Crippen molar-refractivity contribution in [2.24, 2.45) is 23.7 Å². The first kappa shape index (κ1) is 19.2. The molecule has 0 aromatic heterocycles. The number of carbonyl (C=O) groups is 2. The van der Waals surface area contributed by atoms with Crippen LogP contribution in [0.15, 0.2) is 0 Å². The highest BCUT2D eigenvalue weighted by Gasteiger charge is 2.32. The number of amides is 1. The van der Waals surface area contributed by atoms with Crippen molar-refractivity contribution in [1.82, 2.24) is 4.90 Å². The molecule has 5 heteroatoms. The number of carboxylic acids is 1. The number of carbonyl (C=O) groups excluding carboxylic acids is 1. The van der Waals surface area contributed by atoms with Crippen molar-refractivity contribution in [1.29, 1.82) is 0 Å². The number of hydrogen-bond donors (Lipinski definition) is 1. The largest absolute Gasteiger partial charge is 0.481 e. The van der Waals surface area contributed by atoms with E-state index in [4.69, 9.17) is 9.84 Å². The van der Waals surface area contributed by atoms with E-state index in [-0.39, 0.29) is 31.0 Å². The second kappa shape index (κ2) is 8.84. The Hall–Kier alpha value is -1.10. The molecular formula is C19H33NO4. The Morgan fingerprint density at radius 1 is 1.17 bits per heavy atom. The molecule has 1 aliphatic heterocycles. The van der Waals surface area contributed by atoms with Crippen LogP contribution in [0.25, 0.3) is 0 Å². The van der Waals surface area contributed by atoms with Gasteiger partial charge < -0.3 is 14.7 Å². The van der Waals surface area contributed by atoms with E-state index in [1.54, 1.807) is 0 Å². The van der Waals surface area contributed by atoms with E-state index < -0.39 is 5.97 Å². The second-order valence-corrected chi connectivity index (χ2v) is 8.10. The van der Waals surface area contributed by atoms with Crippen LogP contribution in [0.1, 0.15) is 59.3 Å². The molecule has 138 valence electrons. The minimum atomic E-state index is -0.741. The van der Waals surface area contributed by atoms with Crippen LogP contribution in [0.2, 0.25) is 0 Å². The van der Waals surface area contributed by atoms with E-state index in [9.17, 15) is 9.59 Å². The first-order chi connectivity index (χ1) is 11.4. The summed E-state index contributed by atoms with van der Waals surface area (Å²) in [6.45, 7) is 8.24. The van der Waals surface area contributed by atoms with Crippen molar-refractivity contribution in [2.75, 3.05) is 19.7 Å². The lowest BCUT2D eigenvalue weighted by molar-refractivity contribution is -0.143. The Morgan fingerprint density at radius 3 is 2.42 bits per heavy atom. The number of aliphatic carboxylic acids is 1. The third-order valence-electron chi connectivity index (χ3n) is 5.81. The van der Waals surface area contributed by atoms with Gasteiger partial charge in [0.15, 0.2) is 0 Å². The number of piperidine rings is 1. The average Bonchev–Trinajstić information content (AvgIpc) is 2.52. The van der Waals surface area contributed by atoms with Crippen LogP contribution in [0.3, 0.4) is 0 Å². The highest BCUT2D eigenvalue weighted by atomic mass is 16.5. The van der Waals surface area contributed by atoms with Gasteiger partial charge in [-0.2, -0.15) is 0 Å². The summed E-state index contributed by atoms with van der Waals surface area (Å²) in [7, 11) is 0. The van der Waals surface area contributed by atoms with Gasteiger partial charge in [0, 0.05) is 19.5 Å². The van der Waals surface area contributed by atoms with Gasteiger partial charge in [0.2, 0.25) is 5.91 Å². The van der Waals surface area contributed by atoms with E-state index in [0.717, 1.165) is 19.3 Å². The molecular weight excluding hydrogens is 306 g/mol. The first-order valence-electron chi connectivity index (χ1n) is 9.48. The Morgan fingerprint density at radius 2 is 1.83 bits per heavy atom. The molecule has 2 rings (SSSR count). The van der Waals surface area contributed by atoms with Gasteiger partial charge in [-0.05, 0) is 49.4 Å². The number of ether oxygens (including phenoxy) is 1. The molecule has 0 bridgehead atoms. The highest BCUT2D eigenvalue weighted by molar-refractivity contribution is 5.77. The van der Waals surface area contributed by atoms with Crippen LogP contribution < -0.4 is 0 Å². The Bertz CT molecular complexity index is 429. The average molecular weight is 339 g/mol. The zero-order valence-corrected chi connectivity index (χ0v) is 15.4. The number of hydrogen-bond acceptors (Lipinski definition) is 3. The predicted molar refractivity (Wildman–Crippen MR) is 92.6 cm³/mol. The fourth-order valence-corrected chi connectivity index (χ4v) is 4.21. The maximum atomic E-state index is 12.4. The summed E-state index contributed by atoms with van der Waals surface area (Å²) >= 11 is 0. The molecule has 1 N–H and O–H groups in total. The normalized spacial score (nSPS) is 29.0. The molecule has 1 heterocycles. The van der Waals surface area contributed by atoms with Crippen LogP contribution in [0.5, 0.6) is 0 Å². The van der Waals surface area contributed by atoms with Crippen molar-refractivity contribution in [3.8, 4) is 0 Å². The molecule has 3 unspecified atom stereocenters. The number of rotatable bonds is 6. The predicted octanol–water partition coefficient (Wildman–Crippen LogP) is 3.18. The lowest BCUT2D eigenvalue weighted by atomic mass is 9.75. The Labute approximate surface area is 145 Å². The Balaban J connectivity index is 1.77. The molecule has 3 atom stereocenters. The molecule has 1 amide bonds. The van der Waals surface area contributed by atoms with Crippen LogP contribution in [0, 0.1) is 23.7 Å². The smallest absolute Gasteiger partial charge is 0.303 e. The van der Waals surface area contributed by atoms with Crippen LogP contribution in [-0.2, 0) is 14.3 Å². The van der Waals surface area contributed by atoms with E-state index in [2.05, 4.69) is 20.8 Å². The van der Waals surface area contributed by atoms with Gasteiger partial charge in [-0.1, -0.05) is 27.2 Å². The number of likely N-dealkylation sites (tertiary alicyclic amines) is 1. The van der Waals surface area contributed by atoms with E-state index in [1.165, 1.54) is 12.8 Å². The van der Waals surface area contributed by atoms with Crippen molar-refractivity contribution in [3.05, 3.63) is 0 Å². The van der Waals surface area contributed by atoms with Crippen molar-refractivity contribution in [2.45, 2.75) is 65.4 Å². The van der Waals surface area contributed by atoms with Gasteiger partial charge in [-0.15, -0.1) is 0 Å². The summed E-state index contributed by atoms with van der Waals surface area (Å²) in [6, 6.07) is 0. The van der Waals surface area contributed by atoms with Gasteiger partial charge in [0.05, 0.1) is 6.10 Å². The van der Waals surface area contributed by atoms with Gasteiger partial charge >= 0.3 is 5.97 Å². The lowest BCUT2D eigenvalue weighted by Crippen LogP contribution is -2.42. The van der Waals surface area contributed by atoms with Crippen molar-refractivity contribution >= 4 is 11.9 Å². The van der Waals surface area contributed by atoms with E-state index in [1.807, 2.05) is 4.90 Å². The van der Waals surface area contributed by atoms with Gasteiger partial charge in [0.1, 0.15) is 6.61 Å². The van der Waals surface area contributed by atoms with Crippen LogP contribution >= 0.6 is 0 Å². The zero-order valence-electron chi connectivity index (χ0n) is 15.4. The van der Waals surface area contributed by atoms with Crippen LogP contribution in [-0.4, -0.2) is 47.7 Å². The number of carboxylic acid groups (broad SMARTS) is 1. The molecule has 5 nitrogen and oxygen atoms in total. The van der Waals surface area contributed by atoms with E-state index >= 15 is 0 Å². The third kappa shape index (κ3) is 5.47. The molecule has 24 heavy (non-hydrogen) atoms. The SMILES string of the molecule is CC1CCC(C(C)C)C(OCC(=O)N2CCC(CC(=O)O)CC2)C1. The molecule has 0 spiro atoms. The zero-order chi connectivity index (χ0) is 17.7. The molecule has 2 aliphatic rings. The van der Waals surface area contributed by atoms with E-state index in [0.29, 0.717) is 30.8 Å². The molecule has 1 aliphatic carbocycles. The monoisotopic (exact) mass is 339 g/mol. The second-order valence-electron chi connectivity index (χ2n) is 8.10. The van der Waals surface area contributed by atoms with Gasteiger partial charge in [0.25, 0.3) is 0 Å². The minimum Gasteiger partial charge on any atom is -0.481 e. The lowest BCUT2D eigenvalue weighted by Gasteiger charge is -2.37. The molecule has 0 aromatic rings. The molecule has 0 radical (unpaired) electrons. The Kier molecular flexibility index (Phi) is 7.08. The first-order valence-corrected chi connectivity index (χ1v) is 9.48.